The lowest BCUT2D eigenvalue weighted by Crippen LogP contribution is -2.25. The Morgan fingerprint density at radius 2 is 1.85 bits per heavy atom. The van der Waals surface area contributed by atoms with Gasteiger partial charge in [0.05, 0.1) is 16.1 Å². The minimum Gasteiger partial charge on any atom is -0.485 e. The maximum absolute atomic E-state index is 14.0. The molecule has 0 bridgehead atoms. The van der Waals surface area contributed by atoms with E-state index in [2.05, 4.69) is 4.98 Å². The number of ether oxygens (including phenoxy) is 1. The van der Waals surface area contributed by atoms with Crippen molar-refractivity contribution in [2.45, 2.75) is 50.8 Å². The van der Waals surface area contributed by atoms with Crippen LogP contribution in [0.1, 0.15) is 48.0 Å². The molecule has 218 valence electrons. The normalized spacial score (nSPS) is 14.2. The molecule has 0 unspecified atom stereocenters. The number of halogens is 6. The van der Waals surface area contributed by atoms with Crippen molar-refractivity contribution in [1.82, 2.24) is 9.29 Å². The lowest BCUT2D eigenvalue weighted by molar-refractivity contribution is -0.139. The predicted octanol–water partition coefficient (Wildman–Crippen LogP) is 7.56. The number of aromatic nitrogens is 1. The number of alkyl halides is 5. The first kappa shape index (κ1) is 31.1. The first-order valence-electron chi connectivity index (χ1n) is 12.0. The first-order chi connectivity index (χ1) is 18.6. The molecule has 1 aliphatic rings. The van der Waals surface area contributed by atoms with E-state index in [1.165, 1.54) is 50.1 Å². The summed E-state index contributed by atoms with van der Waals surface area (Å²) in [7, 11) is 1.79. The maximum Gasteiger partial charge on any atom is 0.420 e. The first-order valence-corrected chi connectivity index (χ1v) is 12.7. The highest BCUT2D eigenvalue weighted by Gasteiger charge is 2.37. The second kappa shape index (κ2) is 12.4. The fourth-order valence-electron chi connectivity index (χ4n) is 3.54. The summed E-state index contributed by atoms with van der Waals surface area (Å²) in [4.78, 5) is 17.1. The van der Waals surface area contributed by atoms with Gasteiger partial charge in [0, 0.05) is 32.1 Å². The third kappa shape index (κ3) is 8.07. The van der Waals surface area contributed by atoms with Gasteiger partial charge >= 0.3 is 12.1 Å². The van der Waals surface area contributed by atoms with Crippen molar-refractivity contribution in [2.24, 2.45) is 0 Å². The number of benzene rings is 2. The molecule has 0 aliphatic carbocycles. The number of carbonyl (C=O) groups is 1. The van der Waals surface area contributed by atoms with Crippen LogP contribution >= 0.6 is 11.9 Å². The van der Waals surface area contributed by atoms with Gasteiger partial charge in [-0.2, -0.15) is 13.2 Å². The molecule has 0 fully saturated rings. The Hall–Kier alpha value is -3.39. The van der Waals surface area contributed by atoms with E-state index in [0.29, 0.717) is 23.7 Å². The van der Waals surface area contributed by atoms with Crippen LogP contribution < -0.4 is 9.64 Å². The Labute approximate surface area is 230 Å². The number of oxazole rings is 1. The summed E-state index contributed by atoms with van der Waals surface area (Å²) < 4.78 is 91.3. The molecular weight excluding hydrogens is 564 g/mol. The number of nitrogens with zero attached hydrogens (tertiary/aromatic N) is 3. The van der Waals surface area contributed by atoms with Crippen LogP contribution in [0.2, 0.25) is 0 Å². The van der Waals surface area contributed by atoms with Crippen molar-refractivity contribution in [2.75, 3.05) is 25.0 Å². The smallest absolute Gasteiger partial charge is 0.420 e. The molecule has 1 aliphatic heterocycles. The Balaban J connectivity index is 0.000000663. The average Bonchev–Trinajstić information content (AvgIpc) is 3.15. The van der Waals surface area contributed by atoms with E-state index in [4.69, 9.17) is 9.15 Å². The highest BCUT2D eigenvalue weighted by Crippen LogP contribution is 2.46. The molecule has 0 atom stereocenters. The van der Waals surface area contributed by atoms with Gasteiger partial charge in [-0.15, -0.1) is 0 Å². The number of aryl methyl sites for hydroxylation is 1. The summed E-state index contributed by atoms with van der Waals surface area (Å²) in [5, 5.41) is 9.24. The number of fused-ring (bicyclic) bond motifs is 1. The molecule has 14 heteroatoms. The van der Waals surface area contributed by atoms with Gasteiger partial charge in [-0.1, -0.05) is 13.0 Å². The number of rotatable bonds is 6. The molecular formula is C26H27F6N3O4S. The van der Waals surface area contributed by atoms with E-state index in [9.17, 15) is 36.2 Å². The largest absolute Gasteiger partial charge is 0.485 e. The lowest BCUT2D eigenvalue weighted by Gasteiger charge is -2.26. The minimum atomic E-state index is -4.77. The lowest BCUT2D eigenvalue weighted by atomic mass is 10.1. The Bertz CT molecular complexity index is 1340. The Kier molecular flexibility index (Phi) is 9.67. The van der Waals surface area contributed by atoms with Crippen molar-refractivity contribution in [3.63, 3.8) is 0 Å². The topological polar surface area (TPSA) is 79.0 Å². The Morgan fingerprint density at radius 3 is 2.42 bits per heavy atom. The molecule has 40 heavy (non-hydrogen) atoms. The fourth-order valence-corrected chi connectivity index (χ4v) is 4.47. The second-order valence-electron chi connectivity index (χ2n) is 8.91. The number of carboxylic acid groups (broad SMARTS) is 1. The SMILES string of the molecule is CCC(C)(F)F.Cc1nc(C(=O)O)c(COc2cc3c(cc2C(F)(F)F)N(c2cccc(F)c2)CCN(C)S3)o1. The van der Waals surface area contributed by atoms with Gasteiger partial charge in [0.1, 0.15) is 18.2 Å². The number of carboxylic acids is 1. The van der Waals surface area contributed by atoms with E-state index in [1.54, 1.807) is 18.0 Å². The molecule has 1 aromatic heterocycles. The zero-order valence-electron chi connectivity index (χ0n) is 22.0. The van der Waals surface area contributed by atoms with Gasteiger partial charge in [-0.05, 0) is 56.3 Å². The van der Waals surface area contributed by atoms with Gasteiger partial charge in [-0.25, -0.2) is 27.3 Å². The molecule has 2 heterocycles. The summed E-state index contributed by atoms with van der Waals surface area (Å²) in [5.74, 6) is -4.97. The zero-order valence-corrected chi connectivity index (χ0v) is 22.8. The van der Waals surface area contributed by atoms with Gasteiger partial charge in [0.2, 0.25) is 5.92 Å². The molecule has 1 N–H and O–H groups in total. The van der Waals surface area contributed by atoms with Crippen LogP contribution in [0.5, 0.6) is 5.75 Å². The van der Waals surface area contributed by atoms with Gasteiger partial charge in [0.25, 0.3) is 0 Å². The van der Waals surface area contributed by atoms with E-state index < -0.39 is 47.5 Å². The molecule has 0 radical (unpaired) electrons. The summed E-state index contributed by atoms with van der Waals surface area (Å²) in [6, 6.07) is 7.86. The zero-order chi connectivity index (χ0) is 29.8. The van der Waals surface area contributed by atoms with E-state index in [1.807, 2.05) is 4.31 Å². The summed E-state index contributed by atoms with van der Waals surface area (Å²) in [6.07, 6.45) is -4.83. The molecule has 0 saturated carbocycles. The highest BCUT2D eigenvalue weighted by molar-refractivity contribution is 7.97. The number of anilines is 2. The molecule has 4 rings (SSSR count). The van der Waals surface area contributed by atoms with Gasteiger partial charge in [-0.3, -0.25) is 0 Å². The number of hydrogen-bond donors (Lipinski definition) is 1. The van der Waals surface area contributed by atoms with Gasteiger partial charge in [0.15, 0.2) is 17.3 Å². The fraction of sp³-hybridized carbons (Fsp3) is 0.385. The number of aromatic carboxylic acids is 1. The summed E-state index contributed by atoms with van der Waals surface area (Å²) in [6.45, 7) is 4.06. The van der Waals surface area contributed by atoms with E-state index in [-0.39, 0.29) is 23.8 Å². The number of likely N-dealkylation sites (N-methyl/N-ethyl adjacent to an activating group) is 1. The van der Waals surface area contributed by atoms with Crippen LogP contribution in [-0.4, -0.2) is 46.4 Å². The van der Waals surface area contributed by atoms with Crippen LogP contribution in [0.4, 0.5) is 37.7 Å². The third-order valence-electron chi connectivity index (χ3n) is 5.66. The summed E-state index contributed by atoms with van der Waals surface area (Å²) >= 11 is 1.22. The molecule has 0 saturated heterocycles. The van der Waals surface area contributed by atoms with E-state index >= 15 is 0 Å². The quantitative estimate of drug-likeness (QED) is 0.233. The molecule has 7 nitrogen and oxygen atoms in total. The van der Waals surface area contributed by atoms with Gasteiger partial charge < -0.3 is 19.2 Å². The standard InChI is InChI=1S/C22H19F4N3O4S.C4H8F2/c1-12-27-20(21(30)31)18(33-12)11-32-17-10-19-16(9-15(17)22(24,25)26)29(7-6-28(2)34-19)14-5-3-4-13(23)8-14;1-3-4(2,5)6/h3-5,8-10H,6-7,11H2,1-2H3,(H,30,31);3H2,1-2H3. The minimum absolute atomic E-state index is 0.0527. The van der Waals surface area contributed by atoms with Crippen LogP contribution in [0.3, 0.4) is 0 Å². The molecule has 0 amide bonds. The average molecular weight is 592 g/mol. The van der Waals surface area contributed by atoms with Crippen LogP contribution in [-0.2, 0) is 12.8 Å². The van der Waals surface area contributed by atoms with Crippen molar-refractivity contribution >= 4 is 29.3 Å². The van der Waals surface area contributed by atoms with Crippen LogP contribution in [0.15, 0.2) is 45.7 Å². The highest BCUT2D eigenvalue weighted by atomic mass is 32.2. The molecule has 0 spiro atoms. The second-order valence-corrected chi connectivity index (χ2v) is 10.2. The van der Waals surface area contributed by atoms with Crippen LogP contribution in [0, 0.1) is 12.7 Å². The maximum atomic E-state index is 14.0. The number of hydrogen-bond acceptors (Lipinski definition) is 7. The third-order valence-corrected chi connectivity index (χ3v) is 6.67. The Morgan fingerprint density at radius 1 is 1.18 bits per heavy atom. The van der Waals surface area contributed by atoms with Crippen molar-refractivity contribution in [3.05, 3.63) is 65.1 Å². The van der Waals surface area contributed by atoms with Crippen molar-refractivity contribution < 1.29 is 45.4 Å². The van der Waals surface area contributed by atoms with Crippen LogP contribution in [0.25, 0.3) is 0 Å². The molecule has 2 aromatic carbocycles. The monoisotopic (exact) mass is 591 g/mol. The summed E-state index contributed by atoms with van der Waals surface area (Å²) in [5.41, 5.74) is -0.804. The molecule has 3 aromatic rings. The van der Waals surface area contributed by atoms with E-state index in [0.717, 1.165) is 13.0 Å². The predicted molar refractivity (Wildman–Crippen MR) is 137 cm³/mol. The van der Waals surface area contributed by atoms with Crippen molar-refractivity contribution in [1.29, 1.82) is 0 Å². The van der Waals surface area contributed by atoms with Crippen molar-refractivity contribution in [3.8, 4) is 5.75 Å².